The van der Waals surface area contributed by atoms with Crippen LogP contribution >= 0.6 is 0 Å². The van der Waals surface area contributed by atoms with Crippen LogP contribution in [0.5, 0.6) is 11.5 Å². The lowest BCUT2D eigenvalue weighted by Gasteiger charge is -2.35. The summed E-state index contributed by atoms with van der Waals surface area (Å²) in [6, 6.07) is 11.6. The summed E-state index contributed by atoms with van der Waals surface area (Å²) in [6.45, 7) is 3.50. The highest BCUT2D eigenvalue weighted by molar-refractivity contribution is 6.21. The van der Waals surface area contributed by atoms with Crippen LogP contribution in [0.1, 0.15) is 37.0 Å². The molecule has 0 unspecified atom stereocenters. The molecule has 0 saturated heterocycles. The van der Waals surface area contributed by atoms with E-state index in [1.807, 2.05) is 5.32 Å². The quantitative estimate of drug-likeness (QED) is 0.654. The topological polar surface area (TPSA) is 84.9 Å². The van der Waals surface area contributed by atoms with Gasteiger partial charge in [-0.3, -0.25) is 19.3 Å². The van der Waals surface area contributed by atoms with Crippen molar-refractivity contribution in [1.29, 1.82) is 0 Å². The number of carbonyl (C=O) groups excluding carboxylic acids is 3. The number of ether oxygens (including phenoxy) is 2. The zero-order valence-corrected chi connectivity index (χ0v) is 20.2. The molecular weight excluding hydrogens is 477 g/mol. The summed E-state index contributed by atoms with van der Waals surface area (Å²) in [7, 11) is 2.68. The second kappa shape index (κ2) is 8.69. The summed E-state index contributed by atoms with van der Waals surface area (Å²) >= 11 is 0. The Hall–Kier alpha value is -3.82. The van der Waals surface area contributed by atoms with Crippen LogP contribution in [0.25, 0.3) is 0 Å². The number of alkyl halides is 3. The maximum absolute atomic E-state index is 14.9. The number of hydrogen-bond acceptors (Lipinski definition) is 5. The fourth-order valence-electron chi connectivity index (χ4n) is 4.82. The number of halogens is 3. The molecule has 0 saturated carbocycles. The zero-order chi connectivity index (χ0) is 26.5. The molecule has 1 aliphatic carbocycles. The van der Waals surface area contributed by atoms with Gasteiger partial charge in [-0.25, -0.2) is 0 Å². The Morgan fingerprint density at radius 3 is 2.19 bits per heavy atom. The smallest absolute Gasteiger partial charge is 0.425 e. The van der Waals surface area contributed by atoms with Crippen molar-refractivity contribution in [2.75, 3.05) is 19.1 Å². The minimum atomic E-state index is -5.31. The van der Waals surface area contributed by atoms with Gasteiger partial charge in [0.25, 0.3) is 11.8 Å². The molecule has 10 heteroatoms. The number of nitrogens with one attached hydrogen (secondary N) is 1. The number of para-hydroxylation sites is 1. The van der Waals surface area contributed by atoms with E-state index in [4.69, 9.17) is 9.47 Å². The highest BCUT2D eigenvalue weighted by atomic mass is 19.4. The third-order valence-electron chi connectivity index (χ3n) is 6.41. The van der Waals surface area contributed by atoms with Crippen LogP contribution in [0.15, 0.2) is 59.8 Å². The van der Waals surface area contributed by atoms with Gasteiger partial charge in [-0.1, -0.05) is 32.0 Å². The van der Waals surface area contributed by atoms with Crippen molar-refractivity contribution in [3.63, 3.8) is 0 Å². The molecule has 2 aromatic carbocycles. The third kappa shape index (κ3) is 3.90. The lowest BCUT2D eigenvalue weighted by atomic mass is 9.72. The van der Waals surface area contributed by atoms with Crippen LogP contribution in [0.3, 0.4) is 0 Å². The first-order valence-corrected chi connectivity index (χ1v) is 11.1. The number of benzene rings is 2. The predicted molar refractivity (Wildman–Crippen MR) is 125 cm³/mol. The van der Waals surface area contributed by atoms with E-state index in [9.17, 15) is 27.6 Å². The number of anilines is 1. The Labute approximate surface area is 205 Å². The fraction of sp³-hybridized carbons (Fsp3) is 0.346. The first-order chi connectivity index (χ1) is 16.9. The monoisotopic (exact) mass is 502 g/mol. The first-order valence-electron chi connectivity index (χ1n) is 11.1. The van der Waals surface area contributed by atoms with Crippen molar-refractivity contribution >= 4 is 23.3 Å². The lowest BCUT2D eigenvalue weighted by molar-refractivity contribution is -0.186. The van der Waals surface area contributed by atoms with E-state index in [1.165, 1.54) is 44.6 Å². The number of Topliss-reactive ketones (excluding diaryl/α,β-unsaturated/α-hetero) is 1. The standard InChI is InChI=1S/C26H25F3N2O5/c1-24(2)13-17-21(18(32)14-24)25(26(27,28)29,23(34)31(17)16-8-6-5-7-9-16)30-22(33)15-10-11-19(35-3)20(12-15)36-4/h5-12H,13-14H2,1-4H3,(H,30,33)/t25-/m0/s1. The second-order valence-corrected chi connectivity index (χ2v) is 9.51. The summed E-state index contributed by atoms with van der Waals surface area (Å²) in [4.78, 5) is 41.1. The number of ketones is 1. The summed E-state index contributed by atoms with van der Waals surface area (Å²) < 4.78 is 55.1. The summed E-state index contributed by atoms with van der Waals surface area (Å²) in [5, 5.41) is 1.91. The van der Waals surface area contributed by atoms with Crippen molar-refractivity contribution in [2.24, 2.45) is 5.41 Å². The molecule has 1 N–H and O–H groups in total. The van der Waals surface area contributed by atoms with Crippen LogP contribution in [0.2, 0.25) is 0 Å². The van der Waals surface area contributed by atoms with Crippen molar-refractivity contribution in [2.45, 2.75) is 38.4 Å². The Balaban J connectivity index is 1.90. The molecule has 190 valence electrons. The zero-order valence-electron chi connectivity index (χ0n) is 20.2. The Morgan fingerprint density at radius 2 is 1.61 bits per heavy atom. The highest BCUT2D eigenvalue weighted by Gasteiger charge is 2.72. The normalized spacial score (nSPS) is 21.4. The van der Waals surface area contributed by atoms with Crippen LogP contribution in [-0.4, -0.2) is 43.5 Å². The minimum Gasteiger partial charge on any atom is -0.493 e. The van der Waals surface area contributed by atoms with Crippen molar-refractivity contribution in [3.8, 4) is 11.5 Å². The SMILES string of the molecule is COc1ccc(C(=O)N[C@]2(C(F)(F)F)C(=O)N(c3ccccc3)C3=C2C(=O)CC(C)(C)C3)cc1OC. The molecule has 4 rings (SSSR count). The molecule has 1 atom stereocenters. The molecule has 0 spiro atoms. The van der Waals surface area contributed by atoms with Crippen LogP contribution in [0, 0.1) is 5.41 Å². The Bertz CT molecular complexity index is 1270. The van der Waals surface area contributed by atoms with Crippen LogP contribution in [-0.2, 0) is 9.59 Å². The van der Waals surface area contributed by atoms with Crippen LogP contribution in [0.4, 0.5) is 18.9 Å². The summed E-state index contributed by atoms with van der Waals surface area (Å²) in [5.74, 6) is -3.10. The Morgan fingerprint density at radius 1 is 0.972 bits per heavy atom. The molecule has 36 heavy (non-hydrogen) atoms. The molecule has 2 aromatic rings. The average molecular weight is 502 g/mol. The fourth-order valence-corrected chi connectivity index (χ4v) is 4.82. The molecule has 7 nitrogen and oxygen atoms in total. The number of amides is 2. The van der Waals surface area contributed by atoms with Gasteiger partial charge in [0, 0.05) is 23.4 Å². The molecule has 2 aliphatic rings. The molecule has 2 amide bonds. The van der Waals surface area contributed by atoms with E-state index in [2.05, 4.69) is 0 Å². The number of allylic oxidation sites excluding steroid dienone is 1. The molecule has 0 fully saturated rings. The minimum absolute atomic E-state index is 0.0404. The van der Waals surface area contributed by atoms with E-state index in [0.29, 0.717) is 0 Å². The largest absolute Gasteiger partial charge is 0.493 e. The summed E-state index contributed by atoms with van der Waals surface area (Å²) in [5.41, 5.74) is -5.05. The molecule has 1 aliphatic heterocycles. The highest BCUT2D eigenvalue weighted by Crippen LogP contribution is 2.52. The second-order valence-electron chi connectivity index (χ2n) is 9.51. The maximum Gasteiger partial charge on any atom is 0.425 e. The molecule has 0 aromatic heterocycles. The van der Waals surface area contributed by atoms with E-state index < -0.39 is 40.3 Å². The van der Waals surface area contributed by atoms with Gasteiger partial charge in [-0.15, -0.1) is 0 Å². The van der Waals surface area contributed by atoms with Gasteiger partial charge >= 0.3 is 6.18 Å². The van der Waals surface area contributed by atoms with E-state index >= 15 is 0 Å². The average Bonchev–Trinajstić information content (AvgIpc) is 3.06. The molecule has 1 heterocycles. The van der Waals surface area contributed by atoms with Crippen molar-refractivity contribution in [3.05, 3.63) is 65.4 Å². The van der Waals surface area contributed by atoms with E-state index in [-0.39, 0.29) is 41.3 Å². The molecular formula is C26H25F3N2O5. The number of hydrogen-bond donors (Lipinski definition) is 1. The molecule has 0 radical (unpaired) electrons. The third-order valence-corrected chi connectivity index (χ3v) is 6.41. The number of methoxy groups -OCH3 is 2. The Kier molecular flexibility index (Phi) is 6.10. The first kappa shape index (κ1) is 25.3. The van der Waals surface area contributed by atoms with Gasteiger partial charge < -0.3 is 14.8 Å². The summed E-state index contributed by atoms with van der Waals surface area (Å²) in [6.07, 6.45) is -5.47. The lowest BCUT2D eigenvalue weighted by Crippen LogP contribution is -2.66. The van der Waals surface area contributed by atoms with Gasteiger partial charge in [0.2, 0.25) is 5.54 Å². The van der Waals surface area contributed by atoms with Gasteiger partial charge in [0.05, 0.1) is 19.8 Å². The van der Waals surface area contributed by atoms with Crippen LogP contribution < -0.4 is 19.7 Å². The van der Waals surface area contributed by atoms with Crippen molar-refractivity contribution < 1.29 is 37.0 Å². The van der Waals surface area contributed by atoms with Gasteiger partial charge in [-0.05, 0) is 42.2 Å². The van der Waals surface area contributed by atoms with Crippen molar-refractivity contribution in [1.82, 2.24) is 5.32 Å². The molecule has 0 bridgehead atoms. The number of carbonyl (C=O) groups is 3. The van der Waals surface area contributed by atoms with Gasteiger partial charge in [0.15, 0.2) is 17.3 Å². The van der Waals surface area contributed by atoms with E-state index in [1.54, 1.807) is 32.0 Å². The van der Waals surface area contributed by atoms with Gasteiger partial charge in [0.1, 0.15) is 0 Å². The van der Waals surface area contributed by atoms with Gasteiger partial charge in [-0.2, -0.15) is 13.2 Å². The number of nitrogens with zero attached hydrogens (tertiary/aromatic N) is 1. The van der Waals surface area contributed by atoms with E-state index in [0.717, 1.165) is 4.90 Å². The predicted octanol–water partition coefficient (Wildman–Crippen LogP) is 4.42. The maximum atomic E-state index is 14.9. The number of rotatable bonds is 5.